The summed E-state index contributed by atoms with van der Waals surface area (Å²) >= 11 is 0. The number of benzene rings is 2. The molecule has 0 aromatic heterocycles. The van der Waals surface area contributed by atoms with Gasteiger partial charge in [-0.3, -0.25) is 0 Å². The number of carbonyl (C=O) groups excluding carboxylic acids is 1. The zero-order valence-corrected chi connectivity index (χ0v) is 10.3. The Morgan fingerprint density at radius 3 is 2.21 bits per heavy atom. The summed E-state index contributed by atoms with van der Waals surface area (Å²) in [4.78, 5) is 11.6. The highest BCUT2D eigenvalue weighted by molar-refractivity contribution is 5.89. The zero-order valence-electron chi connectivity index (χ0n) is 10.3. The van der Waals surface area contributed by atoms with E-state index in [1.54, 1.807) is 24.3 Å². The van der Waals surface area contributed by atoms with E-state index in [2.05, 4.69) is 0 Å². The van der Waals surface area contributed by atoms with E-state index < -0.39 is 5.97 Å². The van der Waals surface area contributed by atoms with Gasteiger partial charge in [0, 0.05) is 6.08 Å². The molecule has 0 bridgehead atoms. The third kappa shape index (κ3) is 4.00. The van der Waals surface area contributed by atoms with Gasteiger partial charge in [0.05, 0.1) is 5.56 Å². The summed E-state index contributed by atoms with van der Waals surface area (Å²) in [5, 5.41) is 9.56. The van der Waals surface area contributed by atoms with Crippen LogP contribution in [0, 0.1) is 0 Å². The van der Waals surface area contributed by atoms with E-state index in [4.69, 9.17) is 4.74 Å². The van der Waals surface area contributed by atoms with Crippen LogP contribution >= 0.6 is 0 Å². The number of aliphatic hydroxyl groups excluding tert-OH is 1. The van der Waals surface area contributed by atoms with Crippen molar-refractivity contribution >= 4 is 5.97 Å². The Labute approximate surface area is 111 Å². The number of ether oxygens (including phenoxy) is 1. The third-order valence-electron chi connectivity index (χ3n) is 2.56. The summed E-state index contributed by atoms with van der Waals surface area (Å²) in [6.45, 7) is 0. The minimum atomic E-state index is -0.567. The normalized spacial score (nSPS) is 11.1. The average Bonchev–Trinajstić information content (AvgIpc) is 2.47. The molecule has 3 heteroatoms. The minimum Gasteiger partial charge on any atom is -0.481 e. The second-order valence-corrected chi connectivity index (χ2v) is 3.99. The lowest BCUT2D eigenvalue weighted by Gasteiger charge is -2.02. The second-order valence-electron chi connectivity index (χ2n) is 3.99. The Bertz CT molecular complexity index is 559. The molecule has 1 N–H and O–H groups in total. The molecule has 0 saturated carbocycles. The Kier molecular flexibility index (Phi) is 4.34. The summed E-state index contributed by atoms with van der Waals surface area (Å²) < 4.78 is 4.84. The van der Waals surface area contributed by atoms with Gasteiger partial charge in [0.1, 0.15) is 0 Å². The van der Waals surface area contributed by atoms with Gasteiger partial charge in [-0.2, -0.15) is 0 Å². The molecule has 0 spiro atoms. The lowest BCUT2D eigenvalue weighted by atomic mass is 10.1. The quantitative estimate of drug-likeness (QED) is 0.671. The molecule has 0 saturated heterocycles. The van der Waals surface area contributed by atoms with Crippen LogP contribution in [0.1, 0.15) is 15.9 Å². The van der Waals surface area contributed by atoms with Crippen molar-refractivity contribution in [2.45, 2.75) is 6.42 Å². The summed E-state index contributed by atoms with van der Waals surface area (Å²) in [6.07, 6.45) is 1.98. The van der Waals surface area contributed by atoms with Crippen molar-refractivity contribution in [1.29, 1.82) is 0 Å². The fourth-order valence-electron chi connectivity index (χ4n) is 1.59. The van der Waals surface area contributed by atoms with Gasteiger partial charge in [-0.15, -0.1) is 0 Å². The average molecular weight is 254 g/mol. The molecular formula is C16H14O3. The Balaban J connectivity index is 1.94. The maximum Gasteiger partial charge on any atom is 0.345 e. The van der Waals surface area contributed by atoms with Crippen molar-refractivity contribution in [3.8, 4) is 0 Å². The molecule has 19 heavy (non-hydrogen) atoms. The van der Waals surface area contributed by atoms with Crippen molar-refractivity contribution in [2.24, 2.45) is 0 Å². The fourth-order valence-corrected chi connectivity index (χ4v) is 1.59. The topological polar surface area (TPSA) is 46.5 Å². The van der Waals surface area contributed by atoms with Crippen LogP contribution in [0.2, 0.25) is 0 Å². The van der Waals surface area contributed by atoms with E-state index in [0.29, 0.717) is 12.0 Å². The SMILES string of the molecule is O=C(O/C(O)=C/Cc1ccccc1)c1ccccc1. The Hall–Kier alpha value is -2.55. The largest absolute Gasteiger partial charge is 0.481 e. The van der Waals surface area contributed by atoms with Crippen molar-refractivity contribution < 1.29 is 14.6 Å². The monoisotopic (exact) mass is 254 g/mol. The van der Waals surface area contributed by atoms with Gasteiger partial charge in [-0.1, -0.05) is 48.5 Å². The molecule has 0 aliphatic carbocycles. The van der Waals surface area contributed by atoms with Crippen molar-refractivity contribution in [3.63, 3.8) is 0 Å². The fraction of sp³-hybridized carbons (Fsp3) is 0.0625. The van der Waals surface area contributed by atoms with Crippen LogP contribution in [-0.4, -0.2) is 11.1 Å². The van der Waals surface area contributed by atoms with Crippen LogP contribution in [0.15, 0.2) is 72.7 Å². The number of rotatable bonds is 4. The Morgan fingerprint density at radius 1 is 1.00 bits per heavy atom. The molecule has 2 rings (SSSR count). The van der Waals surface area contributed by atoms with E-state index >= 15 is 0 Å². The highest BCUT2D eigenvalue weighted by Gasteiger charge is 2.08. The molecule has 0 unspecified atom stereocenters. The summed E-state index contributed by atoms with van der Waals surface area (Å²) in [7, 11) is 0. The smallest absolute Gasteiger partial charge is 0.345 e. The van der Waals surface area contributed by atoms with Crippen LogP contribution < -0.4 is 0 Å². The number of hydrogen-bond acceptors (Lipinski definition) is 3. The van der Waals surface area contributed by atoms with Crippen LogP contribution in [0.25, 0.3) is 0 Å². The second kappa shape index (κ2) is 6.40. The van der Waals surface area contributed by atoms with Crippen molar-refractivity contribution in [1.82, 2.24) is 0 Å². The molecule has 0 radical (unpaired) electrons. The van der Waals surface area contributed by atoms with Crippen LogP contribution in [0.4, 0.5) is 0 Å². The van der Waals surface area contributed by atoms with E-state index in [-0.39, 0.29) is 5.95 Å². The highest BCUT2D eigenvalue weighted by atomic mass is 16.6. The molecule has 0 fully saturated rings. The van der Waals surface area contributed by atoms with Gasteiger partial charge in [0.2, 0.25) is 0 Å². The van der Waals surface area contributed by atoms with Gasteiger partial charge >= 0.3 is 5.97 Å². The van der Waals surface area contributed by atoms with Crippen molar-refractivity contribution in [3.05, 3.63) is 83.8 Å². The molecule has 0 heterocycles. The number of esters is 1. The van der Waals surface area contributed by atoms with E-state index in [1.807, 2.05) is 36.4 Å². The van der Waals surface area contributed by atoms with Gasteiger partial charge in [-0.25, -0.2) is 4.79 Å². The Morgan fingerprint density at radius 2 is 1.58 bits per heavy atom. The first-order valence-corrected chi connectivity index (χ1v) is 5.96. The van der Waals surface area contributed by atoms with Crippen LogP contribution in [0.5, 0.6) is 0 Å². The standard InChI is InChI=1S/C16H14O3/c17-15(12-11-13-7-3-1-4-8-13)19-16(18)14-9-5-2-6-10-14/h1-10,12,17H,11H2/b15-12+. The number of allylic oxidation sites excluding steroid dienone is 1. The van der Waals surface area contributed by atoms with Crippen molar-refractivity contribution in [2.75, 3.05) is 0 Å². The number of hydrogen-bond donors (Lipinski definition) is 1. The molecule has 0 aliphatic rings. The molecule has 0 aliphatic heterocycles. The molecule has 0 atom stereocenters. The van der Waals surface area contributed by atoms with Crippen LogP contribution in [0.3, 0.4) is 0 Å². The number of carbonyl (C=O) groups is 1. The predicted octanol–water partition coefficient (Wildman–Crippen LogP) is 3.49. The van der Waals surface area contributed by atoms with Crippen LogP contribution in [-0.2, 0) is 11.2 Å². The third-order valence-corrected chi connectivity index (χ3v) is 2.56. The van der Waals surface area contributed by atoms with Gasteiger partial charge in [0.25, 0.3) is 5.95 Å². The molecular weight excluding hydrogens is 240 g/mol. The first kappa shape index (κ1) is 12.9. The highest BCUT2D eigenvalue weighted by Crippen LogP contribution is 2.06. The van der Waals surface area contributed by atoms with Gasteiger partial charge in [-0.05, 0) is 24.1 Å². The predicted molar refractivity (Wildman–Crippen MR) is 72.7 cm³/mol. The zero-order chi connectivity index (χ0) is 13.5. The lowest BCUT2D eigenvalue weighted by molar-refractivity contribution is 0.0444. The minimum absolute atomic E-state index is 0.377. The van der Waals surface area contributed by atoms with E-state index in [9.17, 15) is 9.90 Å². The molecule has 96 valence electrons. The maximum atomic E-state index is 11.6. The lowest BCUT2D eigenvalue weighted by Crippen LogP contribution is -2.04. The summed E-state index contributed by atoms with van der Waals surface area (Å²) in [6, 6.07) is 18.2. The summed E-state index contributed by atoms with van der Waals surface area (Å²) in [5.74, 6) is -0.944. The molecule has 2 aromatic rings. The number of aliphatic hydroxyl groups is 1. The molecule has 3 nitrogen and oxygen atoms in total. The molecule has 0 amide bonds. The maximum absolute atomic E-state index is 11.6. The van der Waals surface area contributed by atoms with E-state index in [0.717, 1.165) is 5.56 Å². The molecule has 2 aromatic carbocycles. The first-order valence-electron chi connectivity index (χ1n) is 5.96. The summed E-state index contributed by atoms with van der Waals surface area (Å²) in [5.41, 5.74) is 1.44. The first-order chi connectivity index (χ1) is 9.25. The van der Waals surface area contributed by atoms with E-state index in [1.165, 1.54) is 6.08 Å². The van der Waals surface area contributed by atoms with Gasteiger partial charge in [0.15, 0.2) is 0 Å². The van der Waals surface area contributed by atoms with Gasteiger partial charge < -0.3 is 9.84 Å².